The SMILES string of the molecule is CN1C(=O)c2cccc(NC(=O)Cc3ccccc3F)c2C1=O. The number of halogens is 1. The van der Waals surface area contributed by atoms with Crippen LogP contribution < -0.4 is 5.32 Å². The van der Waals surface area contributed by atoms with Gasteiger partial charge in [0.15, 0.2) is 0 Å². The van der Waals surface area contributed by atoms with Crippen molar-refractivity contribution < 1.29 is 18.8 Å². The van der Waals surface area contributed by atoms with Crippen molar-refractivity contribution in [3.8, 4) is 0 Å². The maximum absolute atomic E-state index is 13.6. The Labute approximate surface area is 131 Å². The Balaban J connectivity index is 1.85. The van der Waals surface area contributed by atoms with Crippen LogP contribution in [0.15, 0.2) is 42.5 Å². The molecule has 3 rings (SSSR count). The number of benzene rings is 2. The van der Waals surface area contributed by atoms with Crippen molar-refractivity contribution in [2.75, 3.05) is 12.4 Å². The minimum Gasteiger partial charge on any atom is -0.325 e. The fourth-order valence-electron chi connectivity index (χ4n) is 2.51. The number of hydrogen-bond donors (Lipinski definition) is 1. The molecule has 0 unspecified atom stereocenters. The molecule has 0 aromatic heterocycles. The van der Waals surface area contributed by atoms with Crippen LogP contribution in [0.3, 0.4) is 0 Å². The zero-order chi connectivity index (χ0) is 16.6. The lowest BCUT2D eigenvalue weighted by Gasteiger charge is -2.09. The van der Waals surface area contributed by atoms with Crippen LogP contribution in [0.4, 0.5) is 10.1 Å². The first-order chi connectivity index (χ1) is 11.0. The molecule has 0 saturated heterocycles. The summed E-state index contributed by atoms with van der Waals surface area (Å²) in [5.41, 5.74) is 0.937. The standard InChI is InChI=1S/C17H13FN2O3/c1-20-16(22)11-6-4-8-13(15(11)17(20)23)19-14(21)9-10-5-2-3-7-12(10)18/h2-8H,9H2,1H3,(H,19,21). The summed E-state index contributed by atoms with van der Waals surface area (Å²) in [5, 5.41) is 2.58. The summed E-state index contributed by atoms with van der Waals surface area (Å²) in [7, 11) is 1.38. The Bertz CT molecular complexity index is 832. The lowest BCUT2D eigenvalue weighted by Crippen LogP contribution is -2.24. The molecule has 3 amide bonds. The molecule has 1 aliphatic rings. The smallest absolute Gasteiger partial charge is 0.263 e. The third-order valence-electron chi connectivity index (χ3n) is 3.70. The molecule has 0 radical (unpaired) electrons. The topological polar surface area (TPSA) is 66.5 Å². The summed E-state index contributed by atoms with van der Waals surface area (Å²) in [6.45, 7) is 0. The van der Waals surface area contributed by atoms with Gasteiger partial charge in [0.1, 0.15) is 5.82 Å². The average Bonchev–Trinajstić information content (AvgIpc) is 2.75. The highest BCUT2D eigenvalue weighted by Gasteiger charge is 2.35. The van der Waals surface area contributed by atoms with Crippen LogP contribution in [0, 0.1) is 5.82 Å². The number of imide groups is 1. The monoisotopic (exact) mass is 312 g/mol. The van der Waals surface area contributed by atoms with Gasteiger partial charge >= 0.3 is 0 Å². The van der Waals surface area contributed by atoms with Crippen molar-refractivity contribution in [3.05, 3.63) is 65.0 Å². The zero-order valence-corrected chi connectivity index (χ0v) is 12.3. The van der Waals surface area contributed by atoms with Crippen LogP contribution in [0.1, 0.15) is 26.3 Å². The van der Waals surface area contributed by atoms with E-state index in [4.69, 9.17) is 0 Å². The summed E-state index contributed by atoms with van der Waals surface area (Å²) in [6.07, 6.45) is -0.158. The van der Waals surface area contributed by atoms with E-state index in [2.05, 4.69) is 5.32 Å². The van der Waals surface area contributed by atoms with Gasteiger partial charge in [-0.15, -0.1) is 0 Å². The van der Waals surface area contributed by atoms with Crippen molar-refractivity contribution in [2.45, 2.75) is 6.42 Å². The zero-order valence-electron chi connectivity index (χ0n) is 12.3. The molecule has 23 heavy (non-hydrogen) atoms. The number of amides is 3. The molecule has 5 nitrogen and oxygen atoms in total. The normalized spacial score (nSPS) is 13.2. The van der Waals surface area contributed by atoms with E-state index in [0.717, 1.165) is 4.90 Å². The fourth-order valence-corrected chi connectivity index (χ4v) is 2.51. The van der Waals surface area contributed by atoms with Crippen molar-refractivity contribution in [1.82, 2.24) is 4.90 Å². The second-order valence-corrected chi connectivity index (χ2v) is 5.21. The molecule has 0 bridgehead atoms. The summed E-state index contributed by atoms with van der Waals surface area (Å²) >= 11 is 0. The summed E-state index contributed by atoms with van der Waals surface area (Å²) in [5.74, 6) is -1.80. The van der Waals surface area contributed by atoms with Gasteiger partial charge in [0.05, 0.1) is 23.2 Å². The third kappa shape index (κ3) is 2.59. The van der Waals surface area contributed by atoms with E-state index >= 15 is 0 Å². The van der Waals surface area contributed by atoms with Crippen LogP contribution in [-0.4, -0.2) is 29.7 Å². The molecule has 1 heterocycles. The van der Waals surface area contributed by atoms with Crippen LogP contribution in [0.5, 0.6) is 0 Å². The molecule has 1 N–H and O–H groups in total. The first-order valence-electron chi connectivity index (χ1n) is 6.97. The number of anilines is 1. The molecule has 1 aliphatic heterocycles. The molecule has 0 saturated carbocycles. The number of carbonyl (C=O) groups is 3. The van der Waals surface area contributed by atoms with Gasteiger partial charge < -0.3 is 5.32 Å². The summed E-state index contributed by atoms with van der Waals surface area (Å²) in [6, 6.07) is 10.6. The van der Waals surface area contributed by atoms with Gasteiger partial charge in [-0.2, -0.15) is 0 Å². The minimum absolute atomic E-state index is 0.158. The second-order valence-electron chi connectivity index (χ2n) is 5.21. The molecule has 2 aromatic carbocycles. The second kappa shape index (κ2) is 5.64. The lowest BCUT2D eigenvalue weighted by atomic mass is 10.1. The number of nitrogens with one attached hydrogen (secondary N) is 1. The highest BCUT2D eigenvalue weighted by atomic mass is 19.1. The maximum Gasteiger partial charge on any atom is 0.263 e. The number of carbonyl (C=O) groups excluding carboxylic acids is 3. The Morgan fingerprint density at radius 3 is 2.57 bits per heavy atom. The molecule has 0 fully saturated rings. The Morgan fingerprint density at radius 1 is 1.09 bits per heavy atom. The number of rotatable bonds is 3. The third-order valence-corrected chi connectivity index (χ3v) is 3.70. The highest BCUT2D eigenvalue weighted by molar-refractivity contribution is 6.24. The van der Waals surface area contributed by atoms with Crippen molar-refractivity contribution >= 4 is 23.4 Å². The molecule has 2 aromatic rings. The minimum atomic E-state index is -0.466. The van der Waals surface area contributed by atoms with Gasteiger partial charge in [0.25, 0.3) is 11.8 Å². The van der Waals surface area contributed by atoms with Crippen LogP contribution in [-0.2, 0) is 11.2 Å². The predicted molar refractivity (Wildman–Crippen MR) is 81.6 cm³/mol. The molecule has 116 valence electrons. The first kappa shape index (κ1) is 14.9. The van der Waals surface area contributed by atoms with E-state index in [-0.39, 0.29) is 28.8 Å². The van der Waals surface area contributed by atoms with E-state index in [0.29, 0.717) is 0 Å². The first-order valence-corrected chi connectivity index (χ1v) is 6.97. The molecule has 6 heteroatoms. The summed E-state index contributed by atoms with van der Waals surface area (Å²) < 4.78 is 13.6. The largest absolute Gasteiger partial charge is 0.325 e. The van der Waals surface area contributed by atoms with Gasteiger partial charge in [-0.1, -0.05) is 24.3 Å². The van der Waals surface area contributed by atoms with Gasteiger partial charge in [-0.3, -0.25) is 19.3 Å². The Kier molecular flexibility index (Phi) is 3.65. The van der Waals surface area contributed by atoms with Gasteiger partial charge in [-0.25, -0.2) is 4.39 Å². The number of fused-ring (bicyclic) bond motifs is 1. The highest BCUT2D eigenvalue weighted by Crippen LogP contribution is 2.28. The molecule has 0 aliphatic carbocycles. The maximum atomic E-state index is 13.6. The molecular formula is C17H13FN2O3. The molecular weight excluding hydrogens is 299 g/mol. The molecule has 0 spiro atoms. The van der Waals surface area contributed by atoms with Crippen LogP contribution in [0.2, 0.25) is 0 Å². The Morgan fingerprint density at radius 2 is 1.83 bits per heavy atom. The van der Waals surface area contributed by atoms with E-state index in [9.17, 15) is 18.8 Å². The molecule has 0 atom stereocenters. The van der Waals surface area contributed by atoms with Crippen molar-refractivity contribution in [2.24, 2.45) is 0 Å². The number of hydrogen-bond acceptors (Lipinski definition) is 3. The quantitative estimate of drug-likeness (QED) is 0.884. The number of nitrogens with zero attached hydrogens (tertiary/aromatic N) is 1. The van der Waals surface area contributed by atoms with Gasteiger partial charge in [0.2, 0.25) is 5.91 Å². The fraction of sp³-hybridized carbons (Fsp3) is 0.118. The lowest BCUT2D eigenvalue weighted by molar-refractivity contribution is -0.115. The Hall–Kier alpha value is -3.02. The van der Waals surface area contributed by atoms with E-state index in [1.54, 1.807) is 24.3 Å². The van der Waals surface area contributed by atoms with E-state index in [1.165, 1.54) is 25.2 Å². The van der Waals surface area contributed by atoms with E-state index in [1.807, 2.05) is 0 Å². The van der Waals surface area contributed by atoms with Gasteiger partial charge in [0, 0.05) is 7.05 Å². The van der Waals surface area contributed by atoms with Crippen LogP contribution in [0.25, 0.3) is 0 Å². The van der Waals surface area contributed by atoms with Crippen molar-refractivity contribution in [3.63, 3.8) is 0 Å². The van der Waals surface area contributed by atoms with Crippen molar-refractivity contribution in [1.29, 1.82) is 0 Å². The van der Waals surface area contributed by atoms with E-state index < -0.39 is 23.5 Å². The van der Waals surface area contributed by atoms with Gasteiger partial charge in [-0.05, 0) is 23.8 Å². The average molecular weight is 312 g/mol. The summed E-state index contributed by atoms with van der Waals surface area (Å²) in [4.78, 5) is 37.2. The predicted octanol–water partition coefficient (Wildman–Crippen LogP) is 2.23. The van der Waals surface area contributed by atoms with Crippen LogP contribution >= 0.6 is 0 Å².